The Hall–Kier alpha value is -2.84. The zero-order chi connectivity index (χ0) is 24.6. The van der Waals surface area contributed by atoms with Crippen LogP contribution in [0.3, 0.4) is 0 Å². The van der Waals surface area contributed by atoms with Crippen LogP contribution in [0.2, 0.25) is 0 Å². The lowest BCUT2D eigenvalue weighted by atomic mass is 9.99. The van der Waals surface area contributed by atoms with Gasteiger partial charge in [0, 0.05) is 12.2 Å². The molecule has 7 nitrogen and oxygen atoms in total. The Bertz CT molecular complexity index is 1190. The highest BCUT2D eigenvalue weighted by Gasteiger charge is 2.17. The van der Waals surface area contributed by atoms with Gasteiger partial charge in [-0.15, -0.1) is 0 Å². The van der Waals surface area contributed by atoms with Crippen molar-refractivity contribution in [3.8, 4) is 5.75 Å². The largest absolute Gasteiger partial charge is 0.494 e. The molecule has 1 aliphatic heterocycles. The summed E-state index contributed by atoms with van der Waals surface area (Å²) in [7, 11) is 0. The fourth-order valence-corrected chi connectivity index (χ4v) is 5.15. The number of para-hydroxylation sites is 1. The molecular weight excluding hydrogens is 460 g/mol. The van der Waals surface area contributed by atoms with Crippen LogP contribution in [0.1, 0.15) is 33.1 Å². The van der Waals surface area contributed by atoms with E-state index in [9.17, 15) is 9.59 Å². The number of hydrogen-bond acceptors (Lipinski definition) is 6. The SMILES string of the molecule is CCOc1ccc(NC(=O)CSc2nc3ccccc3c(=O)n2CCCN2CCC(C)CC2)cc1. The second-order valence-corrected chi connectivity index (χ2v) is 9.98. The molecule has 1 amide bonds. The van der Waals surface area contributed by atoms with Crippen molar-refractivity contribution in [3.05, 3.63) is 58.9 Å². The molecule has 35 heavy (non-hydrogen) atoms. The van der Waals surface area contributed by atoms with Gasteiger partial charge in [-0.05, 0) is 88.1 Å². The molecule has 0 atom stereocenters. The van der Waals surface area contributed by atoms with Gasteiger partial charge in [0.15, 0.2) is 5.16 Å². The van der Waals surface area contributed by atoms with Gasteiger partial charge in [-0.3, -0.25) is 14.2 Å². The molecular formula is C27H34N4O3S. The fraction of sp³-hybridized carbons (Fsp3) is 0.444. The summed E-state index contributed by atoms with van der Waals surface area (Å²) in [6, 6.07) is 14.7. The van der Waals surface area contributed by atoms with Gasteiger partial charge in [-0.25, -0.2) is 4.98 Å². The van der Waals surface area contributed by atoms with Gasteiger partial charge in [0.1, 0.15) is 5.75 Å². The molecule has 1 saturated heterocycles. The average molecular weight is 495 g/mol. The number of amides is 1. The lowest BCUT2D eigenvalue weighted by molar-refractivity contribution is -0.113. The molecule has 3 aromatic rings. The van der Waals surface area contributed by atoms with Crippen LogP contribution in [0.4, 0.5) is 5.69 Å². The van der Waals surface area contributed by atoms with Crippen LogP contribution in [0.15, 0.2) is 58.5 Å². The third kappa shape index (κ3) is 6.86. The molecule has 1 fully saturated rings. The highest BCUT2D eigenvalue weighted by Crippen LogP contribution is 2.21. The number of fused-ring (bicyclic) bond motifs is 1. The third-order valence-corrected chi connectivity index (χ3v) is 7.32. The van der Waals surface area contributed by atoms with E-state index < -0.39 is 0 Å². The van der Waals surface area contributed by atoms with Crippen molar-refractivity contribution in [1.82, 2.24) is 14.5 Å². The fourth-order valence-electron chi connectivity index (χ4n) is 4.32. The lowest BCUT2D eigenvalue weighted by Gasteiger charge is -2.30. The van der Waals surface area contributed by atoms with Crippen molar-refractivity contribution in [2.45, 2.75) is 44.8 Å². The van der Waals surface area contributed by atoms with Crippen molar-refractivity contribution in [2.75, 3.05) is 37.3 Å². The first-order chi connectivity index (χ1) is 17.0. The van der Waals surface area contributed by atoms with Crippen LogP contribution >= 0.6 is 11.8 Å². The normalized spacial score (nSPS) is 14.8. The van der Waals surface area contributed by atoms with Crippen molar-refractivity contribution < 1.29 is 9.53 Å². The number of ether oxygens (including phenoxy) is 1. The number of nitrogens with zero attached hydrogens (tertiary/aromatic N) is 3. The molecule has 1 aliphatic rings. The summed E-state index contributed by atoms with van der Waals surface area (Å²) in [5.41, 5.74) is 1.32. The van der Waals surface area contributed by atoms with Gasteiger partial charge < -0.3 is 15.0 Å². The first-order valence-corrected chi connectivity index (χ1v) is 13.4. The van der Waals surface area contributed by atoms with Crippen LogP contribution in [-0.4, -0.2) is 52.4 Å². The zero-order valence-electron chi connectivity index (χ0n) is 20.5. The zero-order valence-corrected chi connectivity index (χ0v) is 21.4. The summed E-state index contributed by atoms with van der Waals surface area (Å²) in [6.45, 7) is 8.65. The minimum absolute atomic E-state index is 0.0442. The van der Waals surface area contributed by atoms with Crippen LogP contribution in [0.5, 0.6) is 5.75 Å². The van der Waals surface area contributed by atoms with Crippen LogP contribution in [0.25, 0.3) is 10.9 Å². The van der Waals surface area contributed by atoms with Gasteiger partial charge in [-0.2, -0.15) is 0 Å². The van der Waals surface area contributed by atoms with Gasteiger partial charge in [0.2, 0.25) is 5.91 Å². The Labute approximate surface area is 210 Å². The predicted molar refractivity (Wildman–Crippen MR) is 142 cm³/mol. The predicted octanol–water partition coefficient (Wildman–Crippen LogP) is 4.65. The highest BCUT2D eigenvalue weighted by molar-refractivity contribution is 7.99. The number of piperidine rings is 1. The summed E-state index contributed by atoms with van der Waals surface area (Å²) >= 11 is 1.30. The number of anilines is 1. The molecule has 186 valence electrons. The van der Waals surface area contributed by atoms with Crippen LogP contribution < -0.4 is 15.6 Å². The standard InChI is InChI=1S/C27H34N4O3S/c1-3-34-22-11-9-21(10-12-22)28-25(32)19-35-27-29-24-8-5-4-7-23(24)26(33)31(27)16-6-15-30-17-13-20(2)14-18-30/h4-5,7-12,20H,3,6,13-19H2,1-2H3,(H,28,32). The average Bonchev–Trinajstić information content (AvgIpc) is 2.87. The summed E-state index contributed by atoms with van der Waals surface area (Å²) in [5, 5.41) is 4.10. The molecule has 1 N–H and O–H groups in total. The Morgan fingerprint density at radius 3 is 2.60 bits per heavy atom. The van der Waals surface area contributed by atoms with E-state index in [1.807, 2.05) is 55.5 Å². The number of likely N-dealkylation sites (tertiary alicyclic amines) is 1. The van der Waals surface area contributed by atoms with Gasteiger partial charge >= 0.3 is 0 Å². The molecule has 1 aromatic heterocycles. The summed E-state index contributed by atoms with van der Waals surface area (Å²) in [6.07, 6.45) is 3.35. The van der Waals surface area contributed by atoms with E-state index in [0.29, 0.717) is 34.9 Å². The monoisotopic (exact) mass is 494 g/mol. The van der Waals surface area contributed by atoms with Crippen LogP contribution in [0, 0.1) is 5.92 Å². The maximum Gasteiger partial charge on any atom is 0.262 e. The smallest absolute Gasteiger partial charge is 0.262 e. The third-order valence-electron chi connectivity index (χ3n) is 6.34. The van der Waals surface area contributed by atoms with E-state index >= 15 is 0 Å². The number of carbonyl (C=O) groups excluding carboxylic acids is 1. The topological polar surface area (TPSA) is 76.5 Å². The van der Waals surface area contributed by atoms with Gasteiger partial charge in [0.05, 0.1) is 23.3 Å². The van der Waals surface area contributed by atoms with Gasteiger partial charge in [-0.1, -0.05) is 30.8 Å². The van der Waals surface area contributed by atoms with Crippen molar-refractivity contribution in [2.24, 2.45) is 5.92 Å². The Morgan fingerprint density at radius 1 is 1.11 bits per heavy atom. The van der Waals surface area contributed by atoms with Crippen molar-refractivity contribution in [1.29, 1.82) is 0 Å². The maximum absolute atomic E-state index is 13.3. The molecule has 0 unspecified atom stereocenters. The number of thioether (sulfide) groups is 1. The number of hydrogen-bond donors (Lipinski definition) is 1. The molecule has 2 heterocycles. The minimum Gasteiger partial charge on any atom is -0.494 e. The Morgan fingerprint density at radius 2 is 1.86 bits per heavy atom. The van der Waals surface area contributed by atoms with E-state index in [0.717, 1.165) is 37.7 Å². The molecule has 0 aliphatic carbocycles. The number of aromatic nitrogens is 2. The lowest BCUT2D eigenvalue weighted by Crippen LogP contribution is -2.34. The Kier molecular flexibility index (Phi) is 8.82. The maximum atomic E-state index is 13.3. The first-order valence-electron chi connectivity index (χ1n) is 12.4. The van der Waals surface area contributed by atoms with Crippen LogP contribution in [-0.2, 0) is 11.3 Å². The molecule has 0 radical (unpaired) electrons. The number of rotatable bonds is 10. The van der Waals surface area contributed by atoms with Crippen molar-refractivity contribution >= 4 is 34.3 Å². The highest BCUT2D eigenvalue weighted by atomic mass is 32.2. The second-order valence-electron chi connectivity index (χ2n) is 9.04. The first kappa shape index (κ1) is 25.3. The number of benzene rings is 2. The molecule has 4 rings (SSSR count). The van der Waals surface area contributed by atoms with Crippen molar-refractivity contribution in [3.63, 3.8) is 0 Å². The molecule has 0 spiro atoms. The van der Waals surface area contributed by atoms with Gasteiger partial charge in [0.25, 0.3) is 5.56 Å². The summed E-state index contributed by atoms with van der Waals surface area (Å²) < 4.78 is 7.19. The number of carbonyl (C=O) groups is 1. The van der Waals surface area contributed by atoms with E-state index in [2.05, 4.69) is 17.1 Å². The number of nitrogens with one attached hydrogen (secondary N) is 1. The minimum atomic E-state index is -0.143. The summed E-state index contributed by atoms with van der Waals surface area (Å²) in [5.74, 6) is 1.59. The summed E-state index contributed by atoms with van der Waals surface area (Å²) in [4.78, 5) is 33.1. The van der Waals surface area contributed by atoms with E-state index in [1.165, 1.54) is 24.6 Å². The van der Waals surface area contributed by atoms with E-state index in [1.54, 1.807) is 4.57 Å². The second kappa shape index (κ2) is 12.2. The van der Waals surface area contributed by atoms with E-state index in [4.69, 9.17) is 9.72 Å². The molecule has 8 heteroatoms. The molecule has 0 saturated carbocycles. The molecule has 2 aromatic carbocycles. The quantitative estimate of drug-likeness (QED) is 0.327. The molecule has 0 bridgehead atoms. The Balaban J connectivity index is 1.42. The van der Waals surface area contributed by atoms with E-state index in [-0.39, 0.29) is 17.2 Å².